The Morgan fingerprint density at radius 1 is 0.926 bits per heavy atom. The highest BCUT2D eigenvalue weighted by Gasteiger charge is 2.37. The molecular weight excluding hydrogens is 355 g/mol. The lowest BCUT2D eigenvalue weighted by Crippen LogP contribution is -2.45. The van der Waals surface area contributed by atoms with E-state index in [9.17, 15) is 13.2 Å². The summed E-state index contributed by atoms with van der Waals surface area (Å²) >= 11 is 0. The second-order valence-corrected chi connectivity index (χ2v) is 6.78. The molecule has 0 atom stereocenters. The summed E-state index contributed by atoms with van der Waals surface area (Å²) in [7, 11) is 0. The van der Waals surface area contributed by atoms with Crippen LogP contribution >= 0.6 is 0 Å². The van der Waals surface area contributed by atoms with Gasteiger partial charge < -0.3 is 4.98 Å². The van der Waals surface area contributed by atoms with E-state index in [1.807, 2.05) is 12.1 Å². The van der Waals surface area contributed by atoms with Crippen LogP contribution in [0.25, 0.3) is 11.0 Å². The van der Waals surface area contributed by atoms with Crippen LogP contribution in [0.15, 0.2) is 42.9 Å². The number of pyridine rings is 2. The van der Waals surface area contributed by atoms with Gasteiger partial charge in [-0.3, -0.25) is 14.8 Å². The van der Waals surface area contributed by atoms with Crippen molar-refractivity contribution in [1.82, 2.24) is 24.8 Å². The minimum atomic E-state index is -4.42. The summed E-state index contributed by atoms with van der Waals surface area (Å²) in [5.41, 5.74) is 1.08. The summed E-state index contributed by atoms with van der Waals surface area (Å²) in [5.74, 6) is 0. The monoisotopic (exact) mass is 375 g/mol. The molecular formula is C19H20F3N5. The fraction of sp³-hybridized carbons (Fsp3) is 0.368. The molecule has 1 saturated heterocycles. The number of halogens is 3. The van der Waals surface area contributed by atoms with Crippen molar-refractivity contribution < 1.29 is 13.2 Å². The molecule has 1 N–H and O–H groups in total. The molecule has 0 aliphatic carbocycles. The topological polar surface area (TPSA) is 48.1 Å². The van der Waals surface area contributed by atoms with Crippen molar-refractivity contribution in [1.29, 1.82) is 0 Å². The van der Waals surface area contributed by atoms with Crippen molar-refractivity contribution in [3.63, 3.8) is 0 Å². The SMILES string of the molecule is FC(F)(F)c1[nH]c2ncccc2c1CN1CCN(Cc2ccncc2)CC1. The van der Waals surface area contributed by atoms with Crippen LogP contribution in [0.4, 0.5) is 13.2 Å². The lowest BCUT2D eigenvalue weighted by molar-refractivity contribution is -0.141. The fourth-order valence-electron chi connectivity index (χ4n) is 3.56. The lowest BCUT2D eigenvalue weighted by atomic mass is 10.1. The number of nitrogens with zero attached hydrogens (tertiary/aromatic N) is 4. The number of fused-ring (bicyclic) bond motifs is 1. The minimum absolute atomic E-state index is 0.267. The standard InChI is InChI=1S/C19H20F3N5/c20-19(21,22)17-16(15-2-1-5-24-18(15)25-17)13-27-10-8-26(9-11-27)12-14-3-6-23-7-4-14/h1-7H,8-13H2,(H,24,25). The van der Waals surface area contributed by atoms with Gasteiger partial charge in [0.15, 0.2) is 0 Å². The molecule has 0 radical (unpaired) electrons. The molecule has 0 saturated carbocycles. The summed E-state index contributed by atoms with van der Waals surface area (Å²) < 4.78 is 40.4. The van der Waals surface area contributed by atoms with E-state index in [1.54, 1.807) is 24.5 Å². The molecule has 0 amide bonds. The maximum absolute atomic E-state index is 13.5. The molecule has 8 heteroatoms. The first-order chi connectivity index (χ1) is 13.0. The van der Waals surface area contributed by atoms with E-state index in [4.69, 9.17) is 0 Å². The number of piperazine rings is 1. The Bertz CT molecular complexity index is 899. The minimum Gasteiger partial charge on any atom is -0.335 e. The van der Waals surface area contributed by atoms with Gasteiger partial charge in [0.1, 0.15) is 11.3 Å². The molecule has 1 aliphatic rings. The number of hydrogen-bond donors (Lipinski definition) is 1. The molecule has 1 fully saturated rings. The van der Waals surface area contributed by atoms with E-state index in [1.165, 1.54) is 11.8 Å². The van der Waals surface area contributed by atoms with Gasteiger partial charge in [0.2, 0.25) is 0 Å². The average Bonchev–Trinajstić information content (AvgIpc) is 3.03. The van der Waals surface area contributed by atoms with Crippen LogP contribution < -0.4 is 0 Å². The van der Waals surface area contributed by atoms with Gasteiger partial charge in [-0.15, -0.1) is 0 Å². The van der Waals surface area contributed by atoms with Crippen molar-refractivity contribution in [2.24, 2.45) is 0 Å². The molecule has 4 heterocycles. The first kappa shape index (κ1) is 17.9. The van der Waals surface area contributed by atoms with Crippen molar-refractivity contribution in [3.8, 4) is 0 Å². The molecule has 0 bridgehead atoms. The van der Waals surface area contributed by atoms with E-state index < -0.39 is 11.9 Å². The van der Waals surface area contributed by atoms with Crippen LogP contribution in [0.1, 0.15) is 16.8 Å². The van der Waals surface area contributed by atoms with Crippen molar-refractivity contribution in [2.75, 3.05) is 26.2 Å². The molecule has 5 nitrogen and oxygen atoms in total. The van der Waals surface area contributed by atoms with Crippen molar-refractivity contribution in [3.05, 3.63) is 59.7 Å². The van der Waals surface area contributed by atoms with Crippen LogP contribution in [-0.4, -0.2) is 50.9 Å². The third-order valence-corrected chi connectivity index (χ3v) is 4.96. The Morgan fingerprint density at radius 3 is 2.26 bits per heavy atom. The number of alkyl halides is 3. The second kappa shape index (κ2) is 7.28. The zero-order valence-electron chi connectivity index (χ0n) is 14.7. The van der Waals surface area contributed by atoms with Crippen LogP contribution in [0, 0.1) is 0 Å². The third-order valence-electron chi connectivity index (χ3n) is 4.96. The molecule has 142 valence electrons. The molecule has 0 aromatic carbocycles. The van der Waals surface area contributed by atoms with Gasteiger partial charge in [0.25, 0.3) is 0 Å². The van der Waals surface area contributed by atoms with Crippen LogP contribution in [0.3, 0.4) is 0 Å². The lowest BCUT2D eigenvalue weighted by Gasteiger charge is -2.34. The van der Waals surface area contributed by atoms with Crippen LogP contribution in [0.2, 0.25) is 0 Å². The Balaban J connectivity index is 1.46. The van der Waals surface area contributed by atoms with Gasteiger partial charge in [0.05, 0.1) is 0 Å². The van der Waals surface area contributed by atoms with E-state index in [-0.39, 0.29) is 17.8 Å². The van der Waals surface area contributed by atoms with Crippen molar-refractivity contribution >= 4 is 11.0 Å². The Hall–Kier alpha value is -2.45. The maximum atomic E-state index is 13.5. The fourth-order valence-corrected chi connectivity index (χ4v) is 3.56. The van der Waals surface area contributed by atoms with Crippen molar-refractivity contribution in [2.45, 2.75) is 19.3 Å². The van der Waals surface area contributed by atoms with E-state index in [0.29, 0.717) is 5.39 Å². The molecule has 1 aliphatic heterocycles. The smallest absolute Gasteiger partial charge is 0.335 e. The van der Waals surface area contributed by atoms with Crippen LogP contribution in [0.5, 0.6) is 0 Å². The molecule has 0 unspecified atom stereocenters. The zero-order valence-corrected chi connectivity index (χ0v) is 14.7. The van der Waals surface area contributed by atoms with Crippen LogP contribution in [-0.2, 0) is 19.3 Å². The van der Waals surface area contributed by atoms with E-state index in [0.717, 1.165) is 32.7 Å². The average molecular weight is 375 g/mol. The first-order valence-electron chi connectivity index (χ1n) is 8.87. The number of rotatable bonds is 4. The number of nitrogens with one attached hydrogen (secondary N) is 1. The summed E-state index contributed by atoms with van der Waals surface area (Å²) in [6, 6.07) is 7.34. The third kappa shape index (κ3) is 3.96. The van der Waals surface area contributed by atoms with E-state index >= 15 is 0 Å². The highest BCUT2D eigenvalue weighted by Crippen LogP contribution is 2.35. The first-order valence-corrected chi connectivity index (χ1v) is 8.87. The summed E-state index contributed by atoms with van der Waals surface area (Å²) in [5, 5.41) is 0.545. The van der Waals surface area contributed by atoms with Gasteiger partial charge in [0, 0.05) is 68.8 Å². The highest BCUT2D eigenvalue weighted by molar-refractivity contribution is 5.81. The van der Waals surface area contributed by atoms with Gasteiger partial charge in [-0.25, -0.2) is 4.98 Å². The second-order valence-electron chi connectivity index (χ2n) is 6.78. The molecule has 3 aromatic heterocycles. The largest absolute Gasteiger partial charge is 0.431 e. The normalized spacial score (nSPS) is 16.9. The zero-order chi connectivity index (χ0) is 18.9. The van der Waals surface area contributed by atoms with Gasteiger partial charge in [-0.2, -0.15) is 13.2 Å². The summed E-state index contributed by atoms with van der Waals surface area (Å²) in [6.45, 7) is 4.21. The molecule has 3 aromatic rings. The molecule has 0 spiro atoms. The molecule has 4 rings (SSSR count). The number of aromatic amines is 1. The predicted molar refractivity (Wildman–Crippen MR) is 95.9 cm³/mol. The Labute approximate surface area is 154 Å². The number of H-pyrrole nitrogens is 1. The van der Waals surface area contributed by atoms with Gasteiger partial charge in [-0.05, 0) is 29.8 Å². The Kier molecular flexibility index (Phi) is 4.84. The molecule has 27 heavy (non-hydrogen) atoms. The Morgan fingerprint density at radius 2 is 1.59 bits per heavy atom. The van der Waals surface area contributed by atoms with Gasteiger partial charge >= 0.3 is 6.18 Å². The predicted octanol–water partition coefficient (Wildman–Crippen LogP) is 3.29. The van der Waals surface area contributed by atoms with Gasteiger partial charge in [-0.1, -0.05) is 0 Å². The summed E-state index contributed by atoms with van der Waals surface area (Å²) in [6.07, 6.45) is 0.629. The maximum Gasteiger partial charge on any atom is 0.431 e. The quantitative estimate of drug-likeness (QED) is 0.760. The van der Waals surface area contributed by atoms with E-state index in [2.05, 4.69) is 24.8 Å². The highest BCUT2D eigenvalue weighted by atomic mass is 19.4. The summed E-state index contributed by atoms with van der Waals surface area (Å²) in [4.78, 5) is 14.9. The number of hydrogen-bond acceptors (Lipinski definition) is 4. The number of aromatic nitrogens is 3.